The topological polar surface area (TPSA) is 42.2 Å². The fraction of sp³-hybridized carbons (Fsp3) is 0.200. The molecule has 0 atom stereocenters. The van der Waals surface area contributed by atoms with Crippen molar-refractivity contribution in [3.63, 3.8) is 0 Å². The number of nitrogens with one attached hydrogen (secondary N) is 1. The SMILES string of the molecule is CNCc1cn2c(-c3ccc(C(F)(F)F)cc3)cnc2cn1. The van der Waals surface area contributed by atoms with E-state index < -0.39 is 11.7 Å². The van der Waals surface area contributed by atoms with Crippen molar-refractivity contribution in [1.82, 2.24) is 19.7 Å². The van der Waals surface area contributed by atoms with Crippen LogP contribution in [0.2, 0.25) is 0 Å². The molecular formula is C15H13F3N4. The van der Waals surface area contributed by atoms with Gasteiger partial charge in [0, 0.05) is 18.3 Å². The molecule has 3 aromatic rings. The number of halogens is 3. The molecule has 0 amide bonds. The van der Waals surface area contributed by atoms with Crippen molar-refractivity contribution >= 4 is 5.65 Å². The molecular weight excluding hydrogens is 293 g/mol. The molecule has 0 aliphatic rings. The molecule has 0 radical (unpaired) electrons. The molecule has 0 fully saturated rings. The maximum Gasteiger partial charge on any atom is 0.416 e. The summed E-state index contributed by atoms with van der Waals surface area (Å²) in [6, 6.07) is 5.05. The maximum atomic E-state index is 12.6. The van der Waals surface area contributed by atoms with E-state index in [1.807, 2.05) is 17.6 Å². The van der Waals surface area contributed by atoms with Gasteiger partial charge in [-0.1, -0.05) is 12.1 Å². The van der Waals surface area contributed by atoms with Gasteiger partial charge in [-0.25, -0.2) is 4.98 Å². The van der Waals surface area contributed by atoms with Gasteiger partial charge in [0.25, 0.3) is 0 Å². The summed E-state index contributed by atoms with van der Waals surface area (Å²) in [4.78, 5) is 8.48. The lowest BCUT2D eigenvalue weighted by Crippen LogP contribution is -2.08. The van der Waals surface area contributed by atoms with E-state index in [4.69, 9.17) is 0 Å². The molecule has 0 saturated heterocycles. The van der Waals surface area contributed by atoms with Gasteiger partial charge in [0.05, 0.1) is 29.3 Å². The monoisotopic (exact) mass is 306 g/mol. The van der Waals surface area contributed by atoms with Gasteiger partial charge in [-0.2, -0.15) is 13.2 Å². The Labute approximate surface area is 124 Å². The van der Waals surface area contributed by atoms with Gasteiger partial charge in [-0.15, -0.1) is 0 Å². The second kappa shape index (κ2) is 5.42. The minimum atomic E-state index is -4.33. The van der Waals surface area contributed by atoms with Crippen molar-refractivity contribution in [2.45, 2.75) is 12.7 Å². The molecule has 0 bridgehead atoms. The fourth-order valence-electron chi connectivity index (χ4n) is 2.25. The lowest BCUT2D eigenvalue weighted by atomic mass is 10.1. The Kier molecular flexibility index (Phi) is 3.58. The number of rotatable bonds is 3. The van der Waals surface area contributed by atoms with Gasteiger partial charge < -0.3 is 5.32 Å². The van der Waals surface area contributed by atoms with Crippen LogP contribution in [0.3, 0.4) is 0 Å². The quantitative estimate of drug-likeness (QED) is 0.808. The van der Waals surface area contributed by atoms with E-state index in [-0.39, 0.29) is 0 Å². The van der Waals surface area contributed by atoms with Crippen LogP contribution in [0.1, 0.15) is 11.3 Å². The number of hydrogen-bond donors (Lipinski definition) is 1. The Balaban J connectivity index is 2.04. The third kappa shape index (κ3) is 2.67. The largest absolute Gasteiger partial charge is 0.416 e. The summed E-state index contributed by atoms with van der Waals surface area (Å²) in [5.41, 5.74) is 2.20. The predicted octanol–water partition coefficient (Wildman–Crippen LogP) is 3.13. The van der Waals surface area contributed by atoms with E-state index >= 15 is 0 Å². The van der Waals surface area contributed by atoms with Crippen LogP contribution >= 0.6 is 0 Å². The molecule has 2 heterocycles. The summed E-state index contributed by atoms with van der Waals surface area (Å²) in [6.07, 6.45) is 0.761. The summed E-state index contributed by atoms with van der Waals surface area (Å²) in [5.74, 6) is 0. The number of fused-ring (bicyclic) bond motifs is 1. The Bertz CT molecular complexity index is 791. The second-order valence-electron chi connectivity index (χ2n) is 4.86. The lowest BCUT2D eigenvalue weighted by molar-refractivity contribution is -0.137. The van der Waals surface area contributed by atoms with Crippen LogP contribution in [-0.4, -0.2) is 21.4 Å². The Hall–Kier alpha value is -2.41. The van der Waals surface area contributed by atoms with Crippen LogP contribution in [0.4, 0.5) is 13.2 Å². The molecule has 0 unspecified atom stereocenters. The van der Waals surface area contributed by atoms with Crippen molar-refractivity contribution in [3.8, 4) is 11.3 Å². The first-order valence-corrected chi connectivity index (χ1v) is 6.63. The molecule has 0 aliphatic carbocycles. The van der Waals surface area contributed by atoms with Crippen molar-refractivity contribution in [2.24, 2.45) is 0 Å². The minimum absolute atomic E-state index is 0.598. The predicted molar refractivity (Wildman–Crippen MR) is 76.2 cm³/mol. The van der Waals surface area contributed by atoms with Crippen LogP contribution in [-0.2, 0) is 12.7 Å². The molecule has 1 N–H and O–H groups in total. The van der Waals surface area contributed by atoms with Gasteiger partial charge in [0.2, 0.25) is 0 Å². The fourth-order valence-corrected chi connectivity index (χ4v) is 2.25. The molecule has 0 saturated carbocycles. The Morgan fingerprint density at radius 2 is 1.82 bits per heavy atom. The van der Waals surface area contributed by atoms with Crippen LogP contribution in [0.5, 0.6) is 0 Å². The molecule has 0 spiro atoms. The zero-order chi connectivity index (χ0) is 15.7. The lowest BCUT2D eigenvalue weighted by Gasteiger charge is -2.08. The van der Waals surface area contributed by atoms with Crippen LogP contribution < -0.4 is 5.32 Å². The summed E-state index contributed by atoms with van der Waals surface area (Å²) in [5, 5.41) is 3.00. The number of aromatic nitrogens is 3. The first-order valence-electron chi connectivity index (χ1n) is 6.63. The van der Waals surface area contributed by atoms with E-state index in [0.29, 0.717) is 17.8 Å². The van der Waals surface area contributed by atoms with Gasteiger partial charge in [0.15, 0.2) is 5.65 Å². The highest BCUT2D eigenvalue weighted by atomic mass is 19.4. The molecule has 2 aromatic heterocycles. The Morgan fingerprint density at radius 1 is 1.09 bits per heavy atom. The number of alkyl halides is 3. The van der Waals surface area contributed by atoms with E-state index in [2.05, 4.69) is 15.3 Å². The number of nitrogens with zero attached hydrogens (tertiary/aromatic N) is 3. The van der Waals surface area contributed by atoms with Gasteiger partial charge in [-0.3, -0.25) is 9.38 Å². The van der Waals surface area contributed by atoms with Crippen molar-refractivity contribution in [3.05, 3.63) is 54.1 Å². The highest BCUT2D eigenvalue weighted by molar-refractivity contribution is 5.63. The van der Waals surface area contributed by atoms with Crippen LogP contribution in [0.15, 0.2) is 42.9 Å². The molecule has 4 nitrogen and oxygen atoms in total. The zero-order valence-corrected chi connectivity index (χ0v) is 11.7. The standard InChI is InChI=1S/C15H13F3N4/c1-19-6-12-9-22-13(7-21-14(22)8-20-12)10-2-4-11(5-3-10)15(16,17)18/h2-5,7-9,19H,6H2,1H3. The molecule has 1 aromatic carbocycles. The number of hydrogen-bond acceptors (Lipinski definition) is 3. The normalized spacial score (nSPS) is 12.0. The van der Waals surface area contributed by atoms with Crippen molar-refractivity contribution < 1.29 is 13.2 Å². The van der Waals surface area contributed by atoms with Crippen molar-refractivity contribution in [1.29, 1.82) is 0 Å². The molecule has 7 heteroatoms. The van der Waals surface area contributed by atoms with Gasteiger partial charge in [-0.05, 0) is 19.2 Å². The van der Waals surface area contributed by atoms with Crippen LogP contribution in [0.25, 0.3) is 16.9 Å². The zero-order valence-electron chi connectivity index (χ0n) is 11.7. The van der Waals surface area contributed by atoms with Crippen molar-refractivity contribution in [2.75, 3.05) is 7.05 Å². The molecule has 114 valence electrons. The summed E-state index contributed by atoms with van der Waals surface area (Å²) < 4.78 is 39.7. The summed E-state index contributed by atoms with van der Waals surface area (Å²) in [7, 11) is 1.82. The molecule has 3 rings (SSSR count). The highest BCUT2D eigenvalue weighted by Crippen LogP contribution is 2.31. The van der Waals surface area contributed by atoms with Crippen LogP contribution in [0, 0.1) is 0 Å². The first-order chi connectivity index (χ1) is 10.5. The van der Waals surface area contributed by atoms with Gasteiger partial charge >= 0.3 is 6.18 Å². The van der Waals surface area contributed by atoms with E-state index in [9.17, 15) is 13.2 Å². The smallest absolute Gasteiger partial charge is 0.314 e. The van der Waals surface area contributed by atoms with E-state index in [1.165, 1.54) is 12.1 Å². The minimum Gasteiger partial charge on any atom is -0.314 e. The third-order valence-corrected chi connectivity index (χ3v) is 3.32. The maximum absolute atomic E-state index is 12.6. The third-order valence-electron chi connectivity index (χ3n) is 3.32. The Morgan fingerprint density at radius 3 is 2.45 bits per heavy atom. The first kappa shape index (κ1) is 14.5. The molecule has 0 aliphatic heterocycles. The highest BCUT2D eigenvalue weighted by Gasteiger charge is 2.30. The van der Waals surface area contributed by atoms with E-state index in [1.54, 1.807) is 12.4 Å². The number of imidazole rings is 1. The van der Waals surface area contributed by atoms with Gasteiger partial charge in [0.1, 0.15) is 0 Å². The summed E-state index contributed by atoms with van der Waals surface area (Å²) >= 11 is 0. The average molecular weight is 306 g/mol. The number of benzene rings is 1. The average Bonchev–Trinajstić information content (AvgIpc) is 2.90. The van der Waals surface area contributed by atoms with E-state index in [0.717, 1.165) is 23.5 Å². The second-order valence-corrected chi connectivity index (χ2v) is 4.86. The molecule has 22 heavy (non-hydrogen) atoms. The summed E-state index contributed by atoms with van der Waals surface area (Å²) in [6.45, 7) is 0.598.